The summed E-state index contributed by atoms with van der Waals surface area (Å²) in [5.41, 5.74) is 1.09. The first-order chi connectivity index (χ1) is 13.8. The highest BCUT2D eigenvalue weighted by Crippen LogP contribution is 2.27. The van der Waals surface area contributed by atoms with Crippen LogP contribution in [0.4, 0.5) is 0 Å². The third kappa shape index (κ3) is 6.20. The molecule has 7 heteroatoms. The lowest BCUT2D eigenvalue weighted by atomic mass is 10.2. The number of aromatic nitrogens is 1. The van der Waals surface area contributed by atoms with Crippen molar-refractivity contribution in [1.29, 1.82) is 0 Å². The van der Waals surface area contributed by atoms with E-state index in [-0.39, 0.29) is 24.0 Å². The van der Waals surface area contributed by atoms with Crippen LogP contribution in [-0.4, -0.2) is 54.2 Å². The first-order valence-corrected chi connectivity index (χ1v) is 11.1. The van der Waals surface area contributed by atoms with Gasteiger partial charge in [0, 0.05) is 50.5 Å². The molecule has 0 radical (unpaired) electrons. The highest BCUT2D eigenvalue weighted by molar-refractivity contribution is 14.0. The Labute approximate surface area is 192 Å². The van der Waals surface area contributed by atoms with Crippen LogP contribution >= 0.6 is 24.0 Å². The Hall–Kier alpha value is -1.09. The zero-order valence-corrected chi connectivity index (χ0v) is 19.9. The summed E-state index contributed by atoms with van der Waals surface area (Å²) in [6.07, 6.45) is 13.7. The summed E-state index contributed by atoms with van der Waals surface area (Å²) in [6, 6.07) is 5.36. The summed E-state index contributed by atoms with van der Waals surface area (Å²) < 4.78 is 6.16. The molecule has 3 fully saturated rings. The molecule has 2 N–H and O–H groups in total. The lowest BCUT2D eigenvalue weighted by molar-refractivity contribution is 0.199. The average Bonchev–Trinajstić information content (AvgIpc) is 3.48. The van der Waals surface area contributed by atoms with Gasteiger partial charge in [0.05, 0.1) is 0 Å². The molecule has 1 saturated heterocycles. The fraction of sp³-hybridized carbons (Fsp3) is 0.727. The predicted octanol–water partition coefficient (Wildman–Crippen LogP) is 3.70. The fourth-order valence-corrected chi connectivity index (χ4v) is 4.90. The summed E-state index contributed by atoms with van der Waals surface area (Å²) in [6.45, 7) is 3.02. The first kappa shape index (κ1) is 22.6. The van der Waals surface area contributed by atoms with E-state index in [9.17, 15) is 0 Å². The van der Waals surface area contributed by atoms with Gasteiger partial charge in [-0.05, 0) is 51.0 Å². The molecule has 6 nitrogen and oxygen atoms in total. The van der Waals surface area contributed by atoms with E-state index in [0.717, 1.165) is 42.8 Å². The molecule has 2 heterocycles. The summed E-state index contributed by atoms with van der Waals surface area (Å²) in [7, 11) is 1.85. The quantitative estimate of drug-likeness (QED) is 0.345. The minimum Gasteiger partial charge on any atom is -0.474 e. The summed E-state index contributed by atoms with van der Waals surface area (Å²) in [5, 5.41) is 7.08. The average molecular weight is 513 g/mol. The lowest BCUT2D eigenvalue weighted by Gasteiger charge is -2.24. The summed E-state index contributed by atoms with van der Waals surface area (Å²) in [5.74, 6) is 1.64. The van der Waals surface area contributed by atoms with Gasteiger partial charge in [-0.2, -0.15) is 0 Å². The summed E-state index contributed by atoms with van der Waals surface area (Å²) in [4.78, 5) is 11.6. The van der Waals surface area contributed by atoms with Crippen LogP contribution in [0, 0.1) is 0 Å². The largest absolute Gasteiger partial charge is 0.474 e. The second-order valence-electron chi connectivity index (χ2n) is 8.48. The Balaban J connectivity index is 0.00000240. The molecule has 2 aliphatic carbocycles. The van der Waals surface area contributed by atoms with Crippen LogP contribution in [0.2, 0.25) is 0 Å². The molecule has 29 heavy (non-hydrogen) atoms. The molecule has 162 valence electrons. The van der Waals surface area contributed by atoms with Gasteiger partial charge < -0.3 is 15.4 Å². The van der Waals surface area contributed by atoms with E-state index < -0.39 is 0 Å². The molecule has 0 aromatic carbocycles. The summed E-state index contributed by atoms with van der Waals surface area (Å²) >= 11 is 0. The number of likely N-dealkylation sites (tertiary alicyclic amines) is 1. The second-order valence-corrected chi connectivity index (χ2v) is 8.48. The first-order valence-electron chi connectivity index (χ1n) is 11.1. The van der Waals surface area contributed by atoms with E-state index in [2.05, 4.69) is 31.6 Å². The van der Waals surface area contributed by atoms with E-state index in [1.165, 1.54) is 51.5 Å². The van der Waals surface area contributed by atoms with Crippen molar-refractivity contribution in [2.75, 3.05) is 20.1 Å². The standard InChI is InChI=1S/C22H35N5O.HI/c1-23-22(26-18-12-14-27(16-18)19-8-2-3-9-19)25-15-17-7-6-13-24-21(17)28-20-10-4-5-11-20;/h6-7,13,18-20H,2-5,8-12,14-16H2,1H3,(H2,23,25,26);1H. The third-order valence-corrected chi connectivity index (χ3v) is 6.50. The van der Waals surface area contributed by atoms with E-state index in [0.29, 0.717) is 18.7 Å². The van der Waals surface area contributed by atoms with Crippen LogP contribution in [0.25, 0.3) is 0 Å². The number of aliphatic imine (C=N–C) groups is 1. The van der Waals surface area contributed by atoms with Crippen molar-refractivity contribution in [2.45, 2.75) is 82.5 Å². The molecular weight excluding hydrogens is 477 g/mol. The van der Waals surface area contributed by atoms with Crippen LogP contribution in [0.5, 0.6) is 5.88 Å². The molecule has 2 saturated carbocycles. The number of nitrogens with zero attached hydrogens (tertiary/aromatic N) is 3. The smallest absolute Gasteiger partial charge is 0.218 e. The maximum absolute atomic E-state index is 6.16. The van der Waals surface area contributed by atoms with Crippen LogP contribution in [0.1, 0.15) is 63.4 Å². The van der Waals surface area contributed by atoms with Crippen molar-refractivity contribution in [3.05, 3.63) is 23.9 Å². The maximum Gasteiger partial charge on any atom is 0.218 e. The number of nitrogens with one attached hydrogen (secondary N) is 2. The predicted molar refractivity (Wildman–Crippen MR) is 128 cm³/mol. The SMILES string of the molecule is CN=C(NCc1cccnc1OC1CCCC1)NC1CCN(C2CCCC2)C1.I. The van der Waals surface area contributed by atoms with Gasteiger partial charge in [0.25, 0.3) is 0 Å². The fourth-order valence-electron chi connectivity index (χ4n) is 4.90. The molecule has 4 rings (SSSR count). The number of hydrogen-bond acceptors (Lipinski definition) is 4. The molecule has 1 aromatic rings. The number of halogens is 1. The van der Waals surface area contributed by atoms with Crippen molar-refractivity contribution in [3.8, 4) is 5.88 Å². The van der Waals surface area contributed by atoms with Gasteiger partial charge >= 0.3 is 0 Å². The van der Waals surface area contributed by atoms with Crippen molar-refractivity contribution in [2.24, 2.45) is 4.99 Å². The van der Waals surface area contributed by atoms with Crippen molar-refractivity contribution in [3.63, 3.8) is 0 Å². The third-order valence-electron chi connectivity index (χ3n) is 6.50. The number of hydrogen-bond donors (Lipinski definition) is 2. The minimum absolute atomic E-state index is 0. The van der Waals surface area contributed by atoms with E-state index >= 15 is 0 Å². The molecule has 0 bridgehead atoms. The van der Waals surface area contributed by atoms with Gasteiger partial charge in [0.2, 0.25) is 5.88 Å². The Kier molecular flexibility index (Phi) is 8.84. The monoisotopic (exact) mass is 513 g/mol. The van der Waals surface area contributed by atoms with Crippen LogP contribution in [0.15, 0.2) is 23.3 Å². The Morgan fingerprint density at radius 1 is 1.17 bits per heavy atom. The molecule has 0 spiro atoms. The van der Waals surface area contributed by atoms with Gasteiger partial charge in [-0.15, -0.1) is 24.0 Å². The Bertz CT molecular complexity index is 658. The molecular formula is C22H36IN5O. The van der Waals surface area contributed by atoms with Gasteiger partial charge in [-0.3, -0.25) is 9.89 Å². The van der Waals surface area contributed by atoms with E-state index in [4.69, 9.17) is 4.74 Å². The highest BCUT2D eigenvalue weighted by atomic mass is 127. The number of pyridine rings is 1. The van der Waals surface area contributed by atoms with E-state index in [1.54, 1.807) is 0 Å². The molecule has 1 unspecified atom stereocenters. The van der Waals surface area contributed by atoms with Gasteiger partial charge in [-0.25, -0.2) is 4.98 Å². The number of ether oxygens (including phenoxy) is 1. The number of rotatable bonds is 6. The minimum atomic E-state index is 0. The highest BCUT2D eigenvalue weighted by Gasteiger charge is 2.30. The van der Waals surface area contributed by atoms with Crippen LogP contribution in [0.3, 0.4) is 0 Å². The lowest BCUT2D eigenvalue weighted by Crippen LogP contribution is -2.45. The van der Waals surface area contributed by atoms with Crippen molar-refractivity contribution >= 4 is 29.9 Å². The maximum atomic E-state index is 6.16. The van der Waals surface area contributed by atoms with Crippen LogP contribution < -0.4 is 15.4 Å². The molecule has 0 amide bonds. The normalized spacial score (nSPS) is 23.9. The molecule has 3 aliphatic rings. The van der Waals surface area contributed by atoms with Gasteiger partial charge in [-0.1, -0.05) is 18.9 Å². The van der Waals surface area contributed by atoms with E-state index in [1.807, 2.05) is 19.3 Å². The van der Waals surface area contributed by atoms with Gasteiger partial charge in [0.15, 0.2) is 5.96 Å². The van der Waals surface area contributed by atoms with Crippen molar-refractivity contribution in [1.82, 2.24) is 20.5 Å². The molecule has 1 aliphatic heterocycles. The van der Waals surface area contributed by atoms with Crippen molar-refractivity contribution < 1.29 is 4.74 Å². The second kappa shape index (κ2) is 11.3. The van der Waals surface area contributed by atoms with Crippen LogP contribution in [-0.2, 0) is 6.54 Å². The Morgan fingerprint density at radius 2 is 1.93 bits per heavy atom. The van der Waals surface area contributed by atoms with Gasteiger partial charge in [0.1, 0.15) is 6.10 Å². The zero-order chi connectivity index (χ0) is 19.2. The zero-order valence-electron chi connectivity index (χ0n) is 17.6. The Morgan fingerprint density at radius 3 is 2.69 bits per heavy atom. The molecule has 1 aromatic heterocycles. The topological polar surface area (TPSA) is 61.8 Å². The molecule has 1 atom stereocenters. The number of guanidine groups is 1.